The second-order valence-electron chi connectivity index (χ2n) is 20.4. The highest BCUT2D eigenvalue weighted by Gasteiger charge is 2.16. The Morgan fingerprint density at radius 1 is 0.235 bits per heavy atom. The minimum Gasteiger partial charge on any atom is -0.356 e. The lowest BCUT2D eigenvalue weighted by Crippen LogP contribution is -2.41. The normalized spacial score (nSPS) is 11.4. The first-order chi connectivity index (χ1) is 33.4. The number of rotatable bonds is 55. The van der Waals surface area contributed by atoms with Crippen LogP contribution in [-0.4, -0.2) is 98.9 Å². The standard InChI is InChI=1S/C58H116N6O4/c1-5-9-13-17-21-25-29-33-37-45-59-55(65)41-49-63(50-42-56(66)60-46-38-34-30-26-22-18-14-10-6-2)53-54-64(51-43-57(67)61-47-39-35-31-27-23-19-15-11-7-3)52-44-58(68)62-48-40-36-32-28-24-20-16-12-8-4/h5-54H2,1-4H3,(H,59,65)(H,60,66)(H,61,67)(H,62,68). The van der Waals surface area contributed by atoms with E-state index in [-0.39, 0.29) is 23.6 Å². The Hall–Kier alpha value is -2.20. The topological polar surface area (TPSA) is 123 Å². The number of unbranched alkanes of at least 4 members (excludes halogenated alkanes) is 32. The van der Waals surface area contributed by atoms with Crippen molar-refractivity contribution >= 4 is 23.6 Å². The van der Waals surface area contributed by atoms with Crippen LogP contribution in [0, 0.1) is 0 Å². The van der Waals surface area contributed by atoms with Crippen LogP contribution < -0.4 is 21.3 Å². The maximum Gasteiger partial charge on any atom is 0.221 e. The van der Waals surface area contributed by atoms with Gasteiger partial charge in [-0.3, -0.25) is 19.2 Å². The van der Waals surface area contributed by atoms with Crippen molar-refractivity contribution in [2.45, 2.75) is 285 Å². The molecule has 0 heterocycles. The van der Waals surface area contributed by atoms with Crippen molar-refractivity contribution in [3.63, 3.8) is 0 Å². The van der Waals surface area contributed by atoms with Gasteiger partial charge in [-0.15, -0.1) is 0 Å². The van der Waals surface area contributed by atoms with E-state index in [0.717, 1.165) is 51.4 Å². The highest BCUT2D eigenvalue weighted by atomic mass is 16.2. The molecule has 0 aromatic rings. The van der Waals surface area contributed by atoms with Gasteiger partial charge in [-0.25, -0.2) is 0 Å². The predicted molar refractivity (Wildman–Crippen MR) is 292 cm³/mol. The van der Waals surface area contributed by atoms with Gasteiger partial charge in [0.15, 0.2) is 0 Å². The summed E-state index contributed by atoms with van der Waals surface area (Å²) in [5.74, 6) is 0.254. The second-order valence-corrected chi connectivity index (χ2v) is 20.4. The molecular formula is C58H116N6O4. The van der Waals surface area contributed by atoms with E-state index >= 15 is 0 Å². The molecule has 4 amide bonds. The summed E-state index contributed by atoms with van der Waals surface area (Å²) in [6.45, 7) is 15.5. The molecule has 0 radical (unpaired) electrons. The third-order valence-corrected chi connectivity index (χ3v) is 13.8. The smallest absolute Gasteiger partial charge is 0.221 e. The zero-order valence-corrected chi connectivity index (χ0v) is 45.9. The Morgan fingerprint density at radius 3 is 0.574 bits per heavy atom. The van der Waals surface area contributed by atoms with Gasteiger partial charge in [-0.2, -0.15) is 0 Å². The van der Waals surface area contributed by atoms with Gasteiger partial charge in [-0.1, -0.05) is 233 Å². The maximum absolute atomic E-state index is 13.0. The molecule has 0 saturated carbocycles. The lowest BCUT2D eigenvalue weighted by molar-refractivity contribution is -0.123. The van der Waals surface area contributed by atoms with Gasteiger partial charge < -0.3 is 31.1 Å². The molecule has 402 valence electrons. The third kappa shape index (κ3) is 50.2. The van der Waals surface area contributed by atoms with Crippen LogP contribution in [0.3, 0.4) is 0 Å². The van der Waals surface area contributed by atoms with Crippen LogP contribution in [0.15, 0.2) is 0 Å². The van der Waals surface area contributed by atoms with Crippen LogP contribution in [0.1, 0.15) is 285 Å². The van der Waals surface area contributed by atoms with Crippen LogP contribution in [-0.2, 0) is 19.2 Å². The molecule has 0 saturated heterocycles. The molecule has 0 aliphatic rings. The van der Waals surface area contributed by atoms with Gasteiger partial charge >= 0.3 is 0 Å². The van der Waals surface area contributed by atoms with Gasteiger partial charge in [0.25, 0.3) is 0 Å². The average Bonchev–Trinajstić information content (AvgIpc) is 3.34. The number of nitrogens with one attached hydrogen (secondary N) is 4. The van der Waals surface area contributed by atoms with E-state index in [0.29, 0.717) is 91.1 Å². The summed E-state index contributed by atoms with van der Waals surface area (Å²) < 4.78 is 0. The largest absolute Gasteiger partial charge is 0.356 e. The van der Waals surface area contributed by atoms with Crippen molar-refractivity contribution in [3.05, 3.63) is 0 Å². The van der Waals surface area contributed by atoms with Gasteiger partial charge in [0.1, 0.15) is 0 Å². The lowest BCUT2D eigenvalue weighted by atomic mass is 10.1. The minimum atomic E-state index is 0.0635. The molecule has 0 bridgehead atoms. The van der Waals surface area contributed by atoms with Crippen molar-refractivity contribution in [1.82, 2.24) is 31.1 Å². The molecule has 0 aliphatic heterocycles. The van der Waals surface area contributed by atoms with E-state index in [9.17, 15) is 19.2 Å². The van der Waals surface area contributed by atoms with Crippen LogP contribution in [0.4, 0.5) is 0 Å². The van der Waals surface area contributed by atoms with Crippen LogP contribution in [0.2, 0.25) is 0 Å². The fourth-order valence-electron chi connectivity index (χ4n) is 9.00. The molecule has 4 N–H and O–H groups in total. The molecule has 0 rings (SSSR count). The average molecular weight is 962 g/mol. The first-order valence-corrected chi connectivity index (χ1v) is 29.9. The Bertz CT molecular complexity index is 945. The van der Waals surface area contributed by atoms with Crippen LogP contribution in [0.5, 0.6) is 0 Å². The van der Waals surface area contributed by atoms with Crippen molar-refractivity contribution in [2.75, 3.05) is 65.4 Å². The molecule has 0 aromatic heterocycles. The van der Waals surface area contributed by atoms with E-state index in [1.165, 1.54) is 180 Å². The summed E-state index contributed by atoms with van der Waals surface area (Å²) in [5, 5.41) is 12.6. The Kier molecular flexibility index (Phi) is 52.4. The fraction of sp³-hybridized carbons (Fsp3) is 0.931. The molecule has 0 aliphatic carbocycles. The maximum atomic E-state index is 13.0. The van der Waals surface area contributed by atoms with Crippen molar-refractivity contribution in [2.24, 2.45) is 0 Å². The number of nitrogens with zero attached hydrogens (tertiary/aromatic N) is 2. The number of carbonyl (C=O) groups excluding carboxylic acids is 4. The number of carbonyl (C=O) groups is 4. The minimum absolute atomic E-state index is 0.0635. The summed E-state index contributed by atoms with van der Waals surface area (Å²) in [7, 11) is 0. The second kappa shape index (κ2) is 54.1. The van der Waals surface area contributed by atoms with E-state index < -0.39 is 0 Å². The molecule has 0 atom stereocenters. The van der Waals surface area contributed by atoms with Crippen LogP contribution in [0.25, 0.3) is 0 Å². The Labute approximate surface area is 422 Å². The molecule has 0 spiro atoms. The Balaban J connectivity index is 5.23. The summed E-state index contributed by atoms with van der Waals surface area (Å²) >= 11 is 0. The Morgan fingerprint density at radius 2 is 0.397 bits per heavy atom. The number of hydrogen-bond donors (Lipinski definition) is 4. The predicted octanol–water partition coefficient (Wildman–Crippen LogP) is 13.7. The highest BCUT2D eigenvalue weighted by molar-refractivity contribution is 5.77. The van der Waals surface area contributed by atoms with Crippen molar-refractivity contribution in [3.8, 4) is 0 Å². The monoisotopic (exact) mass is 961 g/mol. The zero-order valence-electron chi connectivity index (χ0n) is 45.9. The van der Waals surface area contributed by atoms with Gasteiger partial charge in [-0.05, 0) is 25.7 Å². The first-order valence-electron chi connectivity index (χ1n) is 29.9. The van der Waals surface area contributed by atoms with Crippen molar-refractivity contribution < 1.29 is 19.2 Å². The summed E-state index contributed by atoms with van der Waals surface area (Å²) in [5.41, 5.74) is 0. The summed E-state index contributed by atoms with van der Waals surface area (Å²) in [6.07, 6.45) is 46.7. The summed E-state index contributed by atoms with van der Waals surface area (Å²) in [4.78, 5) is 56.6. The van der Waals surface area contributed by atoms with E-state index in [2.05, 4.69) is 58.8 Å². The molecular weight excluding hydrogens is 845 g/mol. The third-order valence-electron chi connectivity index (χ3n) is 13.8. The molecule has 10 heteroatoms. The van der Waals surface area contributed by atoms with Crippen LogP contribution >= 0.6 is 0 Å². The van der Waals surface area contributed by atoms with E-state index in [1.807, 2.05) is 0 Å². The van der Waals surface area contributed by atoms with Gasteiger partial charge in [0.2, 0.25) is 23.6 Å². The number of hydrogen-bond acceptors (Lipinski definition) is 6. The summed E-state index contributed by atoms with van der Waals surface area (Å²) in [6, 6.07) is 0. The highest BCUT2D eigenvalue weighted by Crippen LogP contribution is 2.13. The van der Waals surface area contributed by atoms with E-state index in [1.54, 1.807) is 0 Å². The van der Waals surface area contributed by atoms with Crippen molar-refractivity contribution in [1.29, 1.82) is 0 Å². The molecule has 0 fully saturated rings. The quantitative estimate of drug-likeness (QED) is 0.0450. The molecule has 68 heavy (non-hydrogen) atoms. The zero-order chi connectivity index (χ0) is 49.6. The molecule has 0 unspecified atom stereocenters. The number of amides is 4. The fourth-order valence-corrected chi connectivity index (χ4v) is 9.00. The van der Waals surface area contributed by atoms with Gasteiger partial charge in [0.05, 0.1) is 0 Å². The van der Waals surface area contributed by atoms with Gasteiger partial charge in [0, 0.05) is 91.1 Å². The first kappa shape index (κ1) is 65.8. The van der Waals surface area contributed by atoms with E-state index in [4.69, 9.17) is 0 Å². The lowest BCUT2D eigenvalue weighted by Gasteiger charge is -2.27. The molecule has 0 aromatic carbocycles. The SMILES string of the molecule is CCCCCCCCCCCNC(=O)CCN(CCC(=O)NCCCCCCCCCCC)CCN(CCC(=O)NCCCCCCCCCCC)CCC(=O)NCCCCCCCCCCC. The molecule has 10 nitrogen and oxygen atoms in total.